The molecule has 0 aliphatic carbocycles. The molecule has 21 heavy (non-hydrogen) atoms. The zero-order valence-corrected chi connectivity index (χ0v) is 12.3. The summed E-state index contributed by atoms with van der Waals surface area (Å²) in [5.41, 5.74) is -1.24. The van der Waals surface area contributed by atoms with Crippen molar-refractivity contribution in [2.45, 2.75) is 32.1 Å². The zero-order valence-electron chi connectivity index (χ0n) is 11.5. The molecule has 1 N–H and O–H groups in total. The first-order valence-corrected chi connectivity index (χ1v) is 7.08. The lowest BCUT2D eigenvalue weighted by molar-refractivity contribution is -0.137. The SMILES string of the molecule is CC(C)(NCc1cc(F)cc(C(F)(F)F)c1)c1nccs1. The average molecular weight is 318 g/mol. The number of nitrogens with one attached hydrogen (secondary N) is 1. The molecule has 0 saturated carbocycles. The molecule has 0 atom stereocenters. The molecule has 0 aliphatic rings. The topological polar surface area (TPSA) is 24.9 Å². The van der Waals surface area contributed by atoms with E-state index in [2.05, 4.69) is 10.3 Å². The maximum Gasteiger partial charge on any atom is 0.416 e. The Kier molecular flexibility index (Phi) is 4.34. The highest BCUT2D eigenvalue weighted by atomic mass is 32.1. The highest BCUT2D eigenvalue weighted by Gasteiger charge is 2.31. The molecule has 0 amide bonds. The molecule has 1 aromatic heterocycles. The van der Waals surface area contributed by atoms with E-state index in [0.29, 0.717) is 6.07 Å². The van der Waals surface area contributed by atoms with Gasteiger partial charge in [-0.05, 0) is 37.6 Å². The molecule has 1 heterocycles. The summed E-state index contributed by atoms with van der Waals surface area (Å²) >= 11 is 1.45. The predicted octanol–water partition coefficient (Wildman–Crippen LogP) is 4.33. The van der Waals surface area contributed by atoms with E-state index in [0.717, 1.165) is 17.1 Å². The van der Waals surface area contributed by atoms with Crippen molar-refractivity contribution in [3.63, 3.8) is 0 Å². The van der Waals surface area contributed by atoms with Crippen molar-refractivity contribution < 1.29 is 17.6 Å². The largest absolute Gasteiger partial charge is 0.416 e. The third-order valence-corrected chi connectivity index (χ3v) is 4.08. The Bertz CT molecular complexity index is 606. The van der Waals surface area contributed by atoms with E-state index < -0.39 is 23.1 Å². The van der Waals surface area contributed by atoms with Crippen molar-refractivity contribution in [2.24, 2.45) is 0 Å². The van der Waals surface area contributed by atoms with Crippen LogP contribution in [0.5, 0.6) is 0 Å². The van der Waals surface area contributed by atoms with Crippen LogP contribution in [0.4, 0.5) is 17.6 Å². The molecule has 0 unspecified atom stereocenters. The summed E-state index contributed by atoms with van der Waals surface area (Å²) < 4.78 is 51.3. The van der Waals surface area contributed by atoms with Gasteiger partial charge in [0.2, 0.25) is 0 Å². The second-order valence-corrected chi connectivity index (χ2v) is 6.06. The molecule has 7 heteroatoms. The first-order chi connectivity index (χ1) is 9.68. The molecule has 0 saturated heterocycles. The predicted molar refractivity (Wildman–Crippen MR) is 73.4 cm³/mol. The quantitative estimate of drug-likeness (QED) is 0.849. The van der Waals surface area contributed by atoms with Crippen molar-refractivity contribution in [3.8, 4) is 0 Å². The summed E-state index contributed by atoms with van der Waals surface area (Å²) in [5, 5.41) is 5.73. The number of hydrogen-bond donors (Lipinski definition) is 1. The fourth-order valence-electron chi connectivity index (χ4n) is 1.85. The second kappa shape index (κ2) is 5.73. The second-order valence-electron chi connectivity index (χ2n) is 5.16. The molecule has 0 radical (unpaired) electrons. The lowest BCUT2D eigenvalue weighted by Crippen LogP contribution is -2.35. The van der Waals surface area contributed by atoms with Crippen LogP contribution in [0.15, 0.2) is 29.8 Å². The van der Waals surface area contributed by atoms with Gasteiger partial charge in [-0.2, -0.15) is 13.2 Å². The lowest BCUT2D eigenvalue weighted by Gasteiger charge is -2.24. The fourth-order valence-corrected chi connectivity index (χ4v) is 2.59. The summed E-state index contributed by atoms with van der Waals surface area (Å²) in [6, 6.07) is 2.55. The summed E-state index contributed by atoms with van der Waals surface area (Å²) in [7, 11) is 0. The first kappa shape index (κ1) is 15.9. The molecule has 2 rings (SSSR count). The Morgan fingerprint density at radius 1 is 1.19 bits per heavy atom. The smallest absolute Gasteiger partial charge is 0.302 e. The monoisotopic (exact) mass is 318 g/mol. The number of aromatic nitrogens is 1. The highest BCUT2D eigenvalue weighted by molar-refractivity contribution is 7.09. The van der Waals surface area contributed by atoms with Gasteiger partial charge in [-0.1, -0.05) is 0 Å². The summed E-state index contributed by atoms with van der Waals surface area (Å²) in [5.74, 6) is -0.895. The van der Waals surface area contributed by atoms with Crippen LogP contribution in [-0.4, -0.2) is 4.98 Å². The first-order valence-electron chi connectivity index (χ1n) is 6.20. The normalized spacial score (nSPS) is 12.7. The van der Waals surface area contributed by atoms with E-state index in [1.165, 1.54) is 11.3 Å². The van der Waals surface area contributed by atoms with Gasteiger partial charge >= 0.3 is 6.18 Å². The number of nitrogens with zero attached hydrogens (tertiary/aromatic N) is 1. The molecular formula is C14H14F4N2S. The number of hydrogen-bond acceptors (Lipinski definition) is 3. The Morgan fingerprint density at radius 3 is 2.48 bits per heavy atom. The van der Waals surface area contributed by atoms with E-state index in [1.54, 1.807) is 6.20 Å². The van der Waals surface area contributed by atoms with Crippen LogP contribution in [0.3, 0.4) is 0 Å². The van der Waals surface area contributed by atoms with Gasteiger partial charge in [0.25, 0.3) is 0 Å². The number of thiazole rings is 1. The van der Waals surface area contributed by atoms with Gasteiger partial charge in [-0.3, -0.25) is 0 Å². The minimum Gasteiger partial charge on any atom is -0.302 e. The molecule has 0 spiro atoms. The highest BCUT2D eigenvalue weighted by Crippen LogP contribution is 2.30. The number of halogens is 4. The summed E-state index contributed by atoms with van der Waals surface area (Å²) in [4.78, 5) is 4.18. The van der Waals surface area contributed by atoms with E-state index in [1.807, 2.05) is 19.2 Å². The number of benzene rings is 1. The Balaban J connectivity index is 2.15. The maximum atomic E-state index is 13.3. The molecule has 2 aromatic rings. The molecule has 0 aliphatic heterocycles. The van der Waals surface area contributed by atoms with Crippen LogP contribution in [0.1, 0.15) is 30.0 Å². The molecule has 0 fully saturated rings. The summed E-state index contributed by atoms with van der Waals surface area (Å²) in [6.07, 6.45) is -2.89. The fraction of sp³-hybridized carbons (Fsp3) is 0.357. The van der Waals surface area contributed by atoms with Gasteiger partial charge in [0.15, 0.2) is 0 Å². The van der Waals surface area contributed by atoms with E-state index in [-0.39, 0.29) is 12.1 Å². The molecule has 0 bridgehead atoms. The third kappa shape index (κ3) is 4.01. The van der Waals surface area contributed by atoms with Gasteiger partial charge in [0.05, 0.1) is 11.1 Å². The number of rotatable bonds is 4. The lowest BCUT2D eigenvalue weighted by atomic mass is 10.0. The van der Waals surface area contributed by atoms with Gasteiger partial charge in [-0.15, -0.1) is 11.3 Å². The Hall–Kier alpha value is -1.47. The third-order valence-electron chi connectivity index (χ3n) is 2.99. The van der Waals surface area contributed by atoms with Crippen LogP contribution < -0.4 is 5.32 Å². The van der Waals surface area contributed by atoms with Gasteiger partial charge in [0, 0.05) is 18.1 Å². The van der Waals surface area contributed by atoms with Crippen LogP contribution >= 0.6 is 11.3 Å². The standard InChI is InChI=1S/C14H14F4N2S/c1-13(2,12-19-3-4-21-12)20-8-9-5-10(14(16,17)18)7-11(15)6-9/h3-7,20H,8H2,1-2H3. The molecule has 114 valence electrons. The van der Waals surface area contributed by atoms with E-state index in [4.69, 9.17) is 0 Å². The van der Waals surface area contributed by atoms with Gasteiger partial charge in [-0.25, -0.2) is 9.37 Å². The van der Waals surface area contributed by atoms with Crippen molar-refractivity contribution >= 4 is 11.3 Å². The Labute approximate surface area is 123 Å². The number of alkyl halides is 3. The van der Waals surface area contributed by atoms with Crippen molar-refractivity contribution in [3.05, 3.63) is 51.7 Å². The molecule has 2 nitrogen and oxygen atoms in total. The Morgan fingerprint density at radius 2 is 1.90 bits per heavy atom. The van der Waals surface area contributed by atoms with Gasteiger partial charge in [0.1, 0.15) is 10.8 Å². The van der Waals surface area contributed by atoms with Crippen molar-refractivity contribution in [1.82, 2.24) is 10.3 Å². The van der Waals surface area contributed by atoms with E-state index in [9.17, 15) is 17.6 Å². The van der Waals surface area contributed by atoms with Crippen LogP contribution in [-0.2, 0) is 18.3 Å². The maximum absolute atomic E-state index is 13.3. The average Bonchev–Trinajstić information content (AvgIpc) is 2.89. The van der Waals surface area contributed by atoms with Gasteiger partial charge < -0.3 is 5.32 Å². The zero-order chi connectivity index (χ0) is 15.7. The molecular weight excluding hydrogens is 304 g/mol. The molecule has 1 aromatic carbocycles. The van der Waals surface area contributed by atoms with Crippen molar-refractivity contribution in [2.75, 3.05) is 0 Å². The minimum absolute atomic E-state index is 0.118. The van der Waals surface area contributed by atoms with Crippen LogP contribution in [0, 0.1) is 5.82 Å². The summed E-state index contributed by atoms with van der Waals surface area (Å²) in [6.45, 7) is 3.86. The van der Waals surface area contributed by atoms with Crippen LogP contribution in [0.2, 0.25) is 0 Å². The van der Waals surface area contributed by atoms with Crippen LogP contribution in [0.25, 0.3) is 0 Å². The van der Waals surface area contributed by atoms with Crippen molar-refractivity contribution in [1.29, 1.82) is 0 Å². The minimum atomic E-state index is -4.55. The van der Waals surface area contributed by atoms with E-state index >= 15 is 0 Å².